The van der Waals surface area contributed by atoms with Gasteiger partial charge in [-0.3, -0.25) is 4.79 Å². The van der Waals surface area contributed by atoms with E-state index in [2.05, 4.69) is 6.92 Å². The minimum absolute atomic E-state index is 0.144. The molecule has 0 aliphatic heterocycles. The monoisotopic (exact) mass is 180 g/mol. The highest BCUT2D eigenvalue weighted by molar-refractivity contribution is 7.12. The average Bonchev–Trinajstić information content (AvgIpc) is 2.35. The predicted octanol–water partition coefficient (Wildman–Crippen LogP) is 2.82. The molecule has 1 heterocycles. The lowest BCUT2D eigenvalue weighted by Crippen LogP contribution is -2.19. The number of fused-ring (bicyclic) bond motifs is 1. The van der Waals surface area contributed by atoms with Crippen LogP contribution < -0.4 is 0 Å². The normalized spacial score (nSPS) is 19.8. The van der Waals surface area contributed by atoms with Gasteiger partial charge in [0.05, 0.1) is 0 Å². The SMILES string of the molecule is Cc1cc2c(s1)CC(C)(C)C2=O. The Hall–Kier alpha value is -0.630. The van der Waals surface area contributed by atoms with Crippen LogP contribution in [0.3, 0.4) is 0 Å². The predicted molar refractivity (Wildman–Crippen MR) is 50.9 cm³/mol. The first-order valence-electron chi connectivity index (χ1n) is 4.15. The third-order valence-electron chi connectivity index (χ3n) is 2.39. The summed E-state index contributed by atoms with van der Waals surface area (Å²) in [6.45, 7) is 6.11. The lowest BCUT2D eigenvalue weighted by Gasteiger charge is -2.13. The van der Waals surface area contributed by atoms with Crippen molar-refractivity contribution in [3.63, 3.8) is 0 Å². The van der Waals surface area contributed by atoms with E-state index in [-0.39, 0.29) is 5.41 Å². The van der Waals surface area contributed by atoms with Gasteiger partial charge in [0.1, 0.15) is 0 Å². The molecule has 0 aromatic carbocycles. The first kappa shape index (κ1) is 7.99. The molecule has 1 aromatic heterocycles. The zero-order chi connectivity index (χ0) is 8.93. The average molecular weight is 180 g/mol. The zero-order valence-corrected chi connectivity index (χ0v) is 8.42. The number of aryl methyl sites for hydroxylation is 1. The molecule has 64 valence electrons. The lowest BCUT2D eigenvalue weighted by molar-refractivity contribution is 0.0863. The summed E-state index contributed by atoms with van der Waals surface area (Å²) in [6, 6.07) is 2.02. The molecule has 0 radical (unpaired) electrons. The van der Waals surface area contributed by atoms with Gasteiger partial charge in [-0.1, -0.05) is 13.8 Å². The van der Waals surface area contributed by atoms with Gasteiger partial charge in [-0.15, -0.1) is 11.3 Å². The number of carbonyl (C=O) groups excluding carboxylic acids is 1. The largest absolute Gasteiger partial charge is 0.294 e. The summed E-state index contributed by atoms with van der Waals surface area (Å²) in [5.74, 6) is 0.321. The molecule has 2 heteroatoms. The van der Waals surface area contributed by atoms with Crippen molar-refractivity contribution in [2.75, 3.05) is 0 Å². The highest BCUT2D eigenvalue weighted by Gasteiger charge is 2.38. The maximum Gasteiger partial charge on any atom is 0.169 e. The Kier molecular flexibility index (Phi) is 1.46. The summed E-state index contributed by atoms with van der Waals surface area (Å²) in [5.41, 5.74) is 0.831. The maximum atomic E-state index is 11.7. The second-order valence-corrected chi connectivity index (χ2v) is 5.42. The molecule has 0 saturated carbocycles. The number of hydrogen-bond acceptors (Lipinski definition) is 2. The van der Waals surface area contributed by atoms with E-state index in [4.69, 9.17) is 0 Å². The van der Waals surface area contributed by atoms with Crippen LogP contribution in [-0.2, 0) is 6.42 Å². The van der Waals surface area contributed by atoms with E-state index in [9.17, 15) is 4.79 Å². The third-order valence-corrected chi connectivity index (χ3v) is 3.44. The Morgan fingerprint density at radius 3 is 2.75 bits per heavy atom. The summed E-state index contributed by atoms with van der Waals surface area (Å²) in [7, 11) is 0. The molecule has 1 aromatic rings. The molecular weight excluding hydrogens is 168 g/mol. The van der Waals surface area contributed by atoms with Crippen LogP contribution >= 0.6 is 11.3 Å². The number of hydrogen-bond donors (Lipinski definition) is 0. The molecule has 0 saturated heterocycles. The van der Waals surface area contributed by atoms with Gasteiger partial charge in [-0.2, -0.15) is 0 Å². The second kappa shape index (κ2) is 2.19. The zero-order valence-electron chi connectivity index (χ0n) is 7.60. The molecule has 1 aliphatic carbocycles. The van der Waals surface area contributed by atoms with Crippen LogP contribution in [0.2, 0.25) is 0 Å². The quantitative estimate of drug-likeness (QED) is 0.600. The molecular formula is C10H12OS. The number of ketones is 1. The summed E-state index contributed by atoms with van der Waals surface area (Å²) in [4.78, 5) is 14.3. The molecule has 0 atom stereocenters. The second-order valence-electron chi connectivity index (χ2n) is 4.08. The van der Waals surface area contributed by atoms with Crippen LogP contribution in [0.1, 0.15) is 34.0 Å². The van der Waals surface area contributed by atoms with Gasteiger partial charge in [0.2, 0.25) is 0 Å². The van der Waals surface area contributed by atoms with E-state index in [0.29, 0.717) is 5.78 Å². The van der Waals surface area contributed by atoms with Crippen molar-refractivity contribution in [3.05, 3.63) is 21.4 Å². The van der Waals surface area contributed by atoms with Crippen LogP contribution in [0.4, 0.5) is 0 Å². The van der Waals surface area contributed by atoms with Crippen LogP contribution in [-0.4, -0.2) is 5.78 Å². The van der Waals surface area contributed by atoms with Gasteiger partial charge >= 0.3 is 0 Å². The molecule has 0 N–H and O–H groups in total. The van der Waals surface area contributed by atoms with Gasteiger partial charge in [-0.05, 0) is 19.4 Å². The van der Waals surface area contributed by atoms with E-state index < -0.39 is 0 Å². The van der Waals surface area contributed by atoms with Crippen LogP contribution in [0.5, 0.6) is 0 Å². The van der Waals surface area contributed by atoms with Gasteiger partial charge in [0.15, 0.2) is 5.78 Å². The highest BCUT2D eigenvalue weighted by Crippen LogP contribution is 2.40. The molecule has 0 spiro atoms. The van der Waals surface area contributed by atoms with Crippen molar-refractivity contribution in [2.24, 2.45) is 5.41 Å². The lowest BCUT2D eigenvalue weighted by atomic mass is 9.89. The standard InChI is InChI=1S/C10H12OS/c1-6-4-7-8(12-6)5-10(2,3)9(7)11/h4H,5H2,1-3H3. The minimum Gasteiger partial charge on any atom is -0.294 e. The first-order chi connectivity index (χ1) is 5.50. The Balaban J connectivity index is 2.53. The molecule has 0 unspecified atom stereocenters. The summed E-state index contributed by atoms with van der Waals surface area (Å²) >= 11 is 1.76. The van der Waals surface area contributed by atoms with Crippen LogP contribution in [0, 0.1) is 12.3 Å². The highest BCUT2D eigenvalue weighted by atomic mass is 32.1. The smallest absolute Gasteiger partial charge is 0.169 e. The number of Topliss-reactive ketones (excluding diaryl/α,β-unsaturated/α-hetero) is 1. The van der Waals surface area contributed by atoms with E-state index >= 15 is 0 Å². The van der Waals surface area contributed by atoms with Crippen molar-refractivity contribution in [3.8, 4) is 0 Å². The Morgan fingerprint density at radius 2 is 2.17 bits per heavy atom. The topological polar surface area (TPSA) is 17.1 Å². The Morgan fingerprint density at radius 1 is 1.50 bits per heavy atom. The fraction of sp³-hybridized carbons (Fsp3) is 0.500. The number of carbonyl (C=O) groups is 1. The van der Waals surface area contributed by atoms with Gasteiger partial charge < -0.3 is 0 Å². The molecule has 12 heavy (non-hydrogen) atoms. The van der Waals surface area contributed by atoms with Crippen molar-refractivity contribution in [2.45, 2.75) is 27.2 Å². The molecule has 2 rings (SSSR count). The maximum absolute atomic E-state index is 11.7. The fourth-order valence-electron chi connectivity index (χ4n) is 1.73. The van der Waals surface area contributed by atoms with Gasteiger partial charge in [-0.25, -0.2) is 0 Å². The van der Waals surface area contributed by atoms with Gasteiger partial charge in [0, 0.05) is 20.7 Å². The van der Waals surface area contributed by atoms with Crippen LogP contribution in [0.25, 0.3) is 0 Å². The molecule has 0 fully saturated rings. The van der Waals surface area contributed by atoms with E-state index in [0.717, 1.165) is 12.0 Å². The van der Waals surface area contributed by atoms with Crippen LogP contribution in [0.15, 0.2) is 6.07 Å². The Bertz CT molecular complexity index is 347. The third kappa shape index (κ3) is 0.944. The summed E-state index contributed by atoms with van der Waals surface area (Å²) in [5, 5.41) is 0. The molecule has 0 bridgehead atoms. The van der Waals surface area contributed by atoms with E-state index in [1.54, 1.807) is 11.3 Å². The van der Waals surface area contributed by atoms with E-state index in [1.165, 1.54) is 9.75 Å². The van der Waals surface area contributed by atoms with E-state index in [1.807, 2.05) is 19.9 Å². The van der Waals surface area contributed by atoms with Crippen molar-refractivity contribution in [1.29, 1.82) is 0 Å². The Labute approximate surface area is 76.4 Å². The number of thiophene rings is 1. The summed E-state index contributed by atoms with van der Waals surface area (Å²) in [6.07, 6.45) is 0.930. The summed E-state index contributed by atoms with van der Waals surface area (Å²) < 4.78 is 0. The number of rotatable bonds is 0. The minimum atomic E-state index is -0.144. The molecule has 0 amide bonds. The molecule has 1 aliphatic rings. The van der Waals surface area contributed by atoms with Crippen molar-refractivity contribution < 1.29 is 4.79 Å². The fourth-order valence-corrected chi connectivity index (χ4v) is 2.99. The van der Waals surface area contributed by atoms with Gasteiger partial charge in [0.25, 0.3) is 0 Å². The molecule has 1 nitrogen and oxygen atoms in total. The first-order valence-corrected chi connectivity index (χ1v) is 4.96. The van der Waals surface area contributed by atoms with Crippen molar-refractivity contribution in [1.82, 2.24) is 0 Å². The van der Waals surface area contributed by atoms with Crippen molar-refractivity contribution >= 4 is 17.1 Å².